The van der Waals surface area contributed by atoms with Crippen molar-refractivity contribution >= 4 is 13.9 Å². The predicted octanol–water partition coefficient (Wildman–Crippen LogP) is 5.97. The largest absolute Gasteiger partial charge is 0.507 e. The molecule has 0 heterocycles. The molecule has 0 aliphatic carbocycles. The number of phenols is 1. The molecule has 0 aliphatic heterocycles. The van der Waals surface area contributed by atoms with Crippen molar-refractivity contribution in [1.82, 2.24) is 0 Å². The van der Waals surface area contributed by atoms with Gasteiger partial charge in [0.1, 0.15) is 5.75 Å². The van der Waals surface area contributed by atoms with Crippen LogP contribution in [0.3, 0.4) is 0 Å². The summed E-state index contributed by atoms with van der Waals surface area (Å²) >= 11 is 0. The minimum Gasteiger partial charge on any atom is -0.507 e. The predicted molar refractivity (Wildman–Crippen MR) is 99.4 cm³/mol. The van der Waals surface area contributed by atoms with E-state index in [1.54, 1.807) is 13.0 Å². The van der Waals surface area contributed by atoms with Gasteiger partial charge in [0.15, 0.2) is 0 Å². The summed E-state index contributed by atoms with van der Waals surface area (Å²) in [6.07, 6.45) is -3.75. The molecule has 2 aromatic rings. The zero-order valence-corrected chi connectivity index (χ0v) is 16.2. The number of alkyl halides is 3. The van der Waals surface area contributed by atoms with Crippen LogP contribution in [0.2, 0.25) is 0 Å². The Kier molecular flexibility index (Phi) is 5.53. The fourth-order valence-electron chi connectivity index (χ4n) is 3.07. The van der Waals surface area contributed by atoms with Crippen LogP contribution >= 0.6 is 8.58 Å². The molecule has 0 fully saturated rings. The van der Waals surface area contributed by atoms with Crippen molar-refractivity contribution in [1.29, 1.82) is 0 Å². The van der Waals surface area contributed by atoms with Gasteiger partial charge in [-0.25, -0.2) is 0 Å². The van der Waals surface area contributed by atoms with Crippen molar-refractivity contribution in [2.45, 2.75) is 52.4 Å². The molecule has 2 unspecified atom stereocenters. The summed E-state index contributed by atoms with van der Waals surface area (Å²) in [6.45, 7) is 9.36. The average Bonchev–Trinajstić information content (AvgIpc) is 2.51. The van der Waals surface area contributed by atoms with Gasteiger partial charge in [0.25, 0.3) is 0 Å². The monoisotopic (exact) mass is 368 g/mol. The Morgan fingerprint density at radius 1 is 1.00 bits per heavy atom. The van der Waals surface area contributed by atoms with E-state index in [0.29, 0.717) is 17.3 Å². The van der Waals surface area contributed by atoms with Crippen LogP contribution in [0, 0.1) is 20.8 Å². The Balaban J connectivity index is 2.62. The number of halogens is 3. The molecule has 2 rings (SSSR count). The van der Waals surface area contributed by atoms with Gasteiger partial charge in [-0.15, -0.1) is 0 Å². The lowest BCUT2D eigenvalue weighted by Crippen LogP contribution is -2.25. The van der Waals surface area contributed by atoms with Crippen LogP contribution in [0.15, 0.2) is 30.3 Å². The molecule has 0 saturated heterocycles. The van der Waals surface area contributed by atoms with E-state index >= 15 is 0 Å². The van der Waals surface area contributed by atoms with E-state index in [1.165, 1.54) is 6.07 Å². The second kappa shape index (κ2) is 6.99. The van der Waals surface area contributed by atoms with Crippen LogP contribution in [0.5, 0.6) is 5.75 Å². The Morgan fingerprint density at radius 2 is 1.64 bits per heavy atom. The number of rotatable bonds is 4. The van der Waals surface area contributed by atoms with Gasteiger partial charge in [0.05, 0.1) is 5.56 Å². The molecule has 1 N–H and O–H groups in total. The molecule has 25 heavy (non-hydrogen) atoms. The number of phenolic OH excluding ortho intramolecular Hbond substituents is 1. The third kappa shape index (κ3) is 4.00. The molecule has 0 amide bonds. The van der Waals surface area contributed by atoms with Gasteiger partial charge in [-0.2, -0.15) is 13.2 Å². The number of hydrogen-bond acceptors (Lipinski definition) is 1. The van der Waals surface area contributed by atoms with Crippen molar-refractivity contribution in [2.24, 2.45) is 0 Å². The van der Waals surface area contributed by atoms with Crippen molar-refractivity contribution in [2.75, 3.05) is 0 Å². The molecule has 2 atom stereocenters. The lowest BCUT2D eigenvalue weighted by atomic mass is 9.93. The molecule has 1 nitrogen and oxygen atoms in total. The fourth-order valence-corrected chi connectivity index (χ4v) is 4.77. The van der Waals surface area contributed by atoms with Gasteiger partial charge in [0.2, 0.25) is 0 Å². The van der Waals surface area contributed by atoms with Crippen LogP contribution in [-0.2, 0) is 11.3 Å². The van der Waals surface area contributed by atoms with Crippen molar-refractivity contribution < 1.29 is 18.3 Å². The Hall–Kier alpha value is -1.54. The molecule has 0 aromatic heterocycles. The summed E-state index contributed by atoms with van der Waals surface area (Å²) in [6, 6.07) is 8.09. The molecule has 0 saturated carbocycles. The molecular weight excluding hydrogens is 344 g/mol. The smallest absolute Gasteiger partial charge is 0.417 e. The van der Waals surface area contributed by atoms with Gasteiger partial charge in [-0.1, -0.05) is 52.3 Å². The Bertz CT molecular complexity index is 783. The zero-order valence-electron chi connectivity index (χ0n) is 15.2. The van der Waals surface area contributed by atoms with E-state index in [2.05, 4.69) is 0 Å². The third-order valence-corrected chi connectivity index (χ3v) is 6.81. The van der Waals surface area contributed by atoms with E-state index in [4.69, 9.17) is 0 Å². The van der Waals surface area contributed by atoms with Crippen LogP contribution in [0.25, 0.3) is 0 Å². The number of aryl methyl sites for hydroxylation is 3. The summed E-state index contributed by atoms with van der Waals surface area (Å²) in [5, 5.41) is 10.3. The molecule has 0 spiro atoms. The summed E-state index contributed by atoms with van der Waals surface area (Å²) in [5.41, 5.74) is 2.53. The average molecular weight is 368 g/mol. The highest BCUT2D eigenvalue weighted by molar-refractivity contribution is 7.48. The summed E-state index contributed by atoms with van der Waals surface area (Å²) in [4.78, 5) is 0. The minimum absolute atomic E-state index is 0.0937. The molecule has 2 aromatic carbocycles. The minimum atomic E-state index is -4.38. The van der Waals surface area contributed by atoms with Crippen molar-refractivity contribution in [3.05, 3.63) is 58.1 Å². The van der Waals surface area contributed by atoms with Crippen LogP contribution in [0.1, 0.15) is 48.1 Å². The SMILES string of the molecule is CCC(C)(Pc1c(C)cccc1C(F)(F)F)c1cc(C)cc(C)c1O. The van der Waals surface area contributed by atoms with Crippen molar-refractivity contribution in [3.63, 3.8) is 0 Å². The molecule has 136 valence electrons. The zero-order chi connectivity index (χ0) is 19.0. The summed E-state index contributed by atoms with van der Waals surface area (Å²) < 4.78 is 40.4. The van der Waals surface area contributed by atoms with E-state index in [1.807, 2.05) is 39.8 Å². The number of hydrogen-bond donors (Lipinski definition) is 1. The molecule has 0 aliphatic rings. The maximum absolute atomic E-state index is 13.5. The quantitative estimate of drug-likeness (QED) is 0.660. The van der Waals surface area contributed by atoms with E-state index in [0.717, 1.165) is 22.8 Å². The summed E-state index contributed by atoms with van der Waals surface area (Å²) in [7, 11) is -0.0937. The van der Waals surface area contributed by atoms with Crippen molar-refractivity contribution in [3.8, 4) is 5.75 Å². The number of aromatic hydroxyl groups is 1. The van der Waals surface area contributed by atoms with Gasteiger partial charge < -0.3 is 5.11 Å². The van der Waals surface area contributed by atoms with Crippen LogP contribution < -0.4 is 5.30 Å². The second-order valence-electron chi connectivity index (χ2n) is 6.78. The normalized spacial score (nSPS) is 14.9. The van der Waals surface area contributed by atoms with Gasteiger partial charge >= 0.3 is 6.18 Å². The Labute approximate surface area is 149 Å². The highest BCUT2D eigenvalue weighted by Gasteiger charge is 2.37. The number of benzene rings is 2. The third-order valence-electron chi connectivity index (χ3n) is 4.73. The second-order valence-corrected chi connectivity index (χ2v) is 8.64. The maximum atomic E-state index is 13.5. The first-order valence-electron chi connectivity index (χ1n) is 8.25. The Morgan fingerprint density at radius 3 is 2.20 bits per heavy atom. The first kappa shape index (κ1) is 19.8. The van der Waals surface area contributed by atoms with Gasteiger partial charge in [0, 0.05) is 10.7 Å². The molecular formula is C20H24F3OP. The van der Waals surface area contributed by atoms with Crippen LogP contribution in [0.4, 0.5) is 13.2 Å². The summed E-state index contributed by atoms with van der Waals surface area (Å²) in [5.74, 6) is 0.185. The molecule has 5 heteroatoms. The molecule has 0 radical (unpaired) electrons. The lowest BCUT2D eigenvalue weighted by Gasteiger charge is -2.32. The van der Waals surface area contributed by atoms with Gasteiger partial charge in [-0.3, -0.25) is 0 Å². The standard InChI is InChI=1S/C20H24F3OP/c1-6-19(5,16-11-12(2)10-14(4)17(16)24)25-18-13(3)8-7-9-15(18)20(21,22)23/h7-11,24-25H,6H2,1-5H3. The topological polar surface area (TPSA) is 20.2 Å². The van der Waals surface area contributed by atoms with E-state index in [-0.39, 0.29) is 14.3 Å². The first-order valence-corrected chi connectivity index (χ1v) is 9.25. The highest BCUT2D eigenvalue weighted by Crippen LogP contribution is 2.49. The highest BCUT2D eigenvalue weighted by atomic mass is 31.1. The fraction of sp³-hybridized carbons (Fsp3) is 0.400. The van der Waals surface area contributed by atoms with Gasteiger partial charge in [-0.05, 0) is 49.7 Å². The van der Waals surface area contributed by atoms with Crippen LogP contribution in [-0.4, -0.2) is 5.11 Å². The first-order chi connectivity index (χ1) is 11.5. The maximum Gasteiger partial charge on any atom is 0.417 e. The lowest BCUT2D eigenvalue weighted by molar-refractivity contribution is -0.136. The van der Waals surface area contributed by atoms with E-state index in [9.17, 15) is 18.3 Å². The van der Waals surface area contributed by atoms with E-state index < -0.39 is 16.9 Å². The molecule has 0 bridgehead atoms.